The van der Waals surface area contributed by atoms with Gasteiger partial charge in [0, 0.05) is 5.92 Å². The fraction of sp³-hybridized carbons (Fsp3) is 0.700. The van der Waals surface area contributed by atoms with E-state index in [-0.39, 0.29) is 11.3 Å². The maximum absolute atomic E-state index is 10.7. The van der Waals surface area contributed by atoms with Crippen LogP contribution >= 0.6 is 0 Å². The summed E-state index contributed by atoms with van der Waals surface area (Å²) in [5.41, 5.74) is 0.0776. The predicted molar refractivity (Wildman–Crippen MR) is 46.3 cm³/mol. The molecule has 0 aromatic heterocycles. The molecule has 0 amide bonds. The second-order valence-electron chi connectivity index (χ2n) is 4.14. The molecule has 0 saturated heterocycles. The van der Waals surface area contributed by atoms with E-state index in [9.17, 15) is 4.79 Å². The Kier molecular flexibility index (Phi) is 2.17. The molecule has 1 rings (SSSR count). The van der Waals surface area contributed by atoms with Crippen molar-refractivity contribution in [1.82, 2.24) is 0 Å². The van der Waals surface area contributed by atoms with Gasteiger partial charge in [-0.15, -0.1) is 0 Å². The molecule has 0 fully saturated rings. The van der Waals surface area contributed by atoms with Crippen molar-refractivity contribution < 1.29 is 4.79 Å². The Morgan fingerprint density at radius 2 is 2.18 bits per heavy atom. The maximum atomic E-state index is 10.7. The fourth-order valence-corrected chi connectivity index (χ4v) is 1.55. The molecule has 0 N–H and O–H groups in total. The Morgan fingerprint density at radius 1 is 1.55 bits per heavy atom. The van der Waals surface area contributed by atoms with Crippen LogP contribution < -0.4 is 0 Å². The first kappa shape index (κ1) is 8.51. The smallest absolute Gasteiger partial charge is 0.123 e. The van der Waals surface area contributed by atoms with E-state index < -0.39 is 0 Å². The van der Waals surface area contributed by atoms with Crippen LogP contribution in [0.25, 0.3) is 0 Å². The van der Waals surface area contributed by atoms with Crippen LogP contribution in [0.15, 0.2) is 12.2 Å². The number of hydrogen-bond donors (Lipinski definition) is 0. The molecule has 1 nitrogen and oxygen atoms in total. The molecule has 11 heavy (non-hydrogen) atoms. The molecule has 1 heteroatoms. The van der Waals surface area contributed by atoms with Crippen LogP contribution in [0.5, 0.6) is 0 Å². The highest BCUT2D eigenvalue weighted by atomic mass is 16.1. The molecule has 0 heterocycles. The zero-order valence-corrected chi connectivity index (χ0v) is 7.50. The monoisotopic (exact) mass is 152 g/mol. The Hall–Kier alpha value is -0.590. The number of aldehydes is 1. The standard InChI is InChI=1S/C10H16O/c1-8-4-5-10(2,3)9(6-8)7-11/h4-5,7-9H,6H2,1-3H3. The Balaban J connectivity index is 2.80. The van der Waals surface area contributed by atoms with Crippen LogP contribution in [0.2, 0.25) is 0 Å². The molecule has 1 aliphatic rings. The molecule has 0 saturated carbocycles. The van der Waals surface area contributed by atoms with E-state index in [0.29, 0.717) is 5.92 Å². The van der Waals surface area contributed by atoms with Crippen molar-refractivity contribution >= 4 is 6.29 Å². The molecule has 2 unspecified atom stereocenters. The molecular formula is C10H16O. The van der Waals surface area contributed by atoms with E-state index in [1.54, 1.807) is 0 Å². The summed E-state index contributed by atoms with van der Waals surface area (Å²) in [4.78, 5) is 10.7. The van der Waals surface area contributed by atoms with Gasteiger partial charge in [-0.25, -0.2) is 0 Å². The topological polar surface area (TPSA) is 17.1 Å². The van der Waals surface area contributed by atoms with E-state index >= 15 is 0 Å². The van der Waals surface area contributed by atoms with E-state index in [4.69, 9.17) is 0 Å². The van der Waals surface area contributed by atoms with Crippen molar-refractivity contribution in [2.24, 2.45) is 17.3 Å². The van der Waals surface area contributed by atoms with Crippen LogP contribution in [-0.4, -0.2) is 6.29 Å². The lowest BCUT2D eigenvalue weighted by molar-refractivity contribution is -0.114. The van der Waals surface area contributed by atoms with E-state index in [1.165, 1.54) is 0 Å². The van der Waals surface area contributed by atoms with Gasteiger partial charge < -0.3 is 4.79 Å². The minimum absolute atomic E-state index is 0.0776. The van der Waals surface area contributed by atoms with Crippen LogP contribution in [0, 0.1) is 17.3 Å². The molecule has 0 radical (unpaired) electrons. The third-order valence-corrected chi connectivity index (χ3v) is 2.60. The van der Waals surface area contributed by atoms with Gasteiger partial charge in [-0.1, -0.05) is 32.9 Å². The summed E-state index contributed by atoms with van der Waals surface area (Å²) in [6, 6.07) is 0. The summed E-state index contributed by atoms with van der Waals surface area (Å²) in [7, 11) is 0. The van der Waals surface area contributed by atoms with Crippen molar-refractivity contribution in [3.8, 4) is 0 Å². The normalized spacial score (nSPS) is 35.2. The van der Waals surface area contributed by atoms with E-state index in [1.807, 2.05) is 0 Å². The van der Waals surface area contributed by atoms with Gasteiger partial charge in [0.2, 0.25) is 0 Å². The summed E-state index contributed by atoms with van der Waals surface area (Å²) in [5.74, 6) is 0.778. The number of carbonyl (C=O) groups excluding carboxylic acids is 1. The quantitative estimate of drug-likeness (QED) is 0.416. The van der Waals surface area contributed by atoms with Gasteiger partial charge in [-0.05, 0) is 17.8 Å². The lowest BCUT2D eigenvalue weighted by Crippen LogP contribution is -2.28. The highest BCUT2D eigenvalue weighted by Crippen LogP contribution is 2.36. The van der Waals surface area contributed by atoms with Gasteiger partial charge in [-0.3, -0.25) is 0 Å². The highest BCUT2D eigenvalue weighted by molar-refractivity contribution is 5.56. The van der Waals surface area contributed by atoms with Crippen molar-refractivity contribution in [3.05, 3.63) is 12.2 Å². The van der Waals surface area contributed by atoms with Crippen LogP contribution in [-0.2, 0) is 4.79 Å². The first-order valence-electron chi connectivity index (χ1n) is 4.21. The van der Waals surface area contributed by atoms with Gasteiger partial charge in [0.1, 0.15) is 6.29 Å². The molecule has 0 spiro atoms. The van der Waals surface area contributed by atoms with Gasteiger partial charge >= 0.3 is 0 Å². The second kappa shape index (κ2) is 2.80. The number of carbonyl (C=O) groups is 1. The number of rotatable bonds is 1. The minimum Gasteiger partial charge on any atom is -0.303 e. The molecular weight excluding hydrogens is 136 g/mol. The fourth-order valence-electron chi connectivity index (χ4n) is 1.55. The molecule has 1 aliphatic carbocycles. The first-order chi connectivity index (χ1) is 5.06. The van der Waals surface area contributed by atoms with E-state index in [0.717, 1.165) is 12.7 Å². The van der Waals surface area contributed by atoms with Crippen molar-refractivity contribution in [2.45, 2.75) is 27.2 Å². The maximum Gasteiger partial charge on any atom is 0.123 e. The van der Waals surface area contributed by atoms with E-state index in [2.05, 4.69) is 32.9 Å². The summed E-state index contributed by atoms with van der Waals surface area (Å²) in [6.45, 7) is 6.39. The molecule has 0 bridgehead atoms. The molecule has 0 aromatic carbocycles. The Bertz CT molecular complexity index is 179. The predicted octanol–water partition coefficient (Wildman–Crippen LogP) is 2.42. The van der Waals surface area contributed by atoms with Gasteiger partial charge in [0.25, 0.3) is 0 Å². The highest BCUT2D eigenvalue weighted by Gasteiger charge is 2.30. The van der Waals surface area contributed by atoms with Gasteiger partial charge in [0.15, 0.2) is 0 Å². The summed E-state index contributed by atoms with van der Waals surface area (Å²) in [6.07, 6.45) is 6.48. The van der Waals surface area contributed by atoms with Crippen molar-refractivity contribution in [3.63, 3.8) is 0 Å². The lowest BCUT2D eigenvalue weighted by Gasteiger charge is -2.33. The molecule has 62 valence electrons. The largest absolute Gasteiger partial charge is 0.303 e. The number of hydrogen-bond acceptors (Lipinski definition) is 1. The summed E-state index contributed by atoms with van der Waals surface area (Å²) < 4.78 is 0. The van der Waals surface area contributed by atoms with Crippen molar-refractivity contribution in [2.75, 3.05) is 0 Å². The SMILES string of the molecule is CC1C=CC(C)(C)C(C=O)C1. The van der Waals surface area contributed by atoms with Crippen molar-refractivity contribution in [1.29, 1.82) is 0 Å². The van der Waals surface area contributed by atoms with Gasteiger partial charge in [-0.2, -0.15) is 0 Å². The lowest BCUT2D eigenvalue weighted by atomic mass is 9.71. The zero-order chi connectivity index (χ0) is 8.48. The Morgan fingerprint density at radius 3 is 2.64 bits per heavy atom. The average molecular weight is 152 g/mol. The number of allylic oxidation sites excluding steroid dienone is 2. The molecule has 0 aliphatic heterocycles. The van der Waals surface area contributed by atoms with Gasteiger partial charge in [0.05, 0.1) is 0 Å². The molecule has 0 aromatic rings. The average Bonchev–Trinajstić information content (AvgIpc) is 1.94. The second-order valence-corrected chi connectivity index (χ2v) is 4.14. The van der Waals surface area contributed by atoms with Crippen LogP contribution in [0.3, 0.4) is 0 Å². The zero-order valence-electron chi connectivity index (χ0n) is 7.50. The third kappa shape index (κ3) is 1.70. The summed E-state index contributed by atoms with van der Waals surface area (Å²) in [5, 5.41) is 0. The van der Waals surface area contributed by atoms with Crippen LogP contribution in [0.4, 0.5) is 0 Å². The Labute approximate surface area is 68.5 Å². The minimum atomic E-state index is 0.0776. The summed E-state index contributed by atoms with van der Waals surface area (Å²) >= 11 is 0. The van der Waals surface area contributed by atoms with Crippen LogP contribution in [0.1, 0.15) is 27.2 Å². The third-order valence-electron chi connectivity index (χ3n) is 2.60. The molecule has 2 atom stereocenters. The first-order valence-corrected chi connectivity index (χ1v) is 4.21.